The van der Waals surface area contributed by atoms with Crippen molar-refractivity contribution in [2.24, 2.45) is 16.3 Å². The van der Waals surface area contributed by atoms with Gasteiger partial charge < -0.3 is 14.2 Å². The molecule has 2 atom stereocenters. The zero-order valence-electron chi connectivity index (χ0n) is 17.8. The molecule has 0 fully saturated rings. The Morgan fingerprint density at radius 3 is 2.66 bits per heavy atom. The summed E-state index contributed by atoms with van der Waals surface area (Å²) in [5.41, 5.74) is 2.80. The molecule has 6 nitrogen and oxygen atoms in total. The first kappa shape index (κ1) is 21.2. The summed E-state index contributed by atoms with van der Waals surface area (Å²) in [6.07, 6.45) is 1.14. The summed E-state index contributed by atoms with van der Waals surface area (Å²) in [4.78, 5) is 30.9. The quantitative estimate of drug-likeness (QED) is 0.539. The molecule has 0 saturated carbocycles. The van der Waals surface area contributed by atoms with Crippen molar-refractivity contribution < 1.29 is 23.8 Å². The minimum Gasteiger partial charge on any atom is -0.497 e. The average Bonchev–Trinajstić information content (AvgIpc) is 2.66. The number of ether oxygens (including phenoxy) is 3. The van der Waals surface area contributed by atoms with Crippen LogP contribution in [0.15, 0.2) is 40.5 Å². The number of carbonyl (C=O) groups is 2. The van der Waals surface area contributed by atoms with E-state index < -0.39 is 11.8 Å². The normalized spacial score (nSPS) is 23.3. The fraction of sp³-hybridized carbons (Fsp3) is 0.522. The lowest BCUT2D eigenvalue weighted by molar-refractivity contribution is -0.147. The van der Waals surface area contributed by atoms with Gasteiger partial charge in [-0.05, 0) is 36.5 Å². The molecule has 0 aromatic heterocycles. The maximum Gasteiger partial charge on any atom is 0.315 e. The zero-order chi connectivity index (χ0) is 21.2. The molecule has 3 rings (SSSR count). The smallest absolute Gasteiger partial charge is 0.315 e. The molecule has 1 heterocycles. The van der Waals surface area contributed by atoms with E-state index in [1.165, 1.54) is 0 Å². The van der Waals surface area contributed by atoms with Crippen LogP contribution in [-0.4, -0.2) is 44.9 Å². The van der Waals surface area contributed by atoms with Crippen LogP contribution in [0.4, 0.5) is 0 Å². The van der Waals surface area contributed by atoms with Crippen LogP contribution < -0.4 is 4.74 Å². The number of rotatable bonds is 6. The Kier molecular flexibility index (Phi) is 6.22. The van der Waals surface area contributed by atoms with Crippen LogP contribution in [0, 0.1) is 11.3 Å². The molecule has 156 valence electrons. The Bertz CT molecular complexity index is 868. The number of Topliss-reactive ketones (excluding diaryl/α,β-unsaturated/α-hetero) is 1. The highest BCUT2D eigenvalue weighted by atomic mass is 16.6. The van der Waals surface area contributed by atoms with Crippen molar-refractivity contribution in [3.05, 3.63) is 41.1 Å². The number of ketones is 1. The highest BCUT2D eigenvalue weighted by Gasteiger charge is 2.46. The Labute approximate surface area is 171 Å². The minimum absolute atomic E-state index is 0.0509. The van der Waals surface area contributed by atoms with E-state index in [0.29, 0.717) is 36.5 Å². The lowest BCUT2D eigenvalue weighted by Gasteiger charge is -2.39. The summed E-state index contributed by atoms with van der Waals surface area (Å²) in [7, 11) is 3.15. The molecule has 1 aliphatic heterocycles. The van der Waals surface area contributed by atoms with E-state index >= 15 is 0 Å². The number of hydrogen-bond donors (Lipinski definition) is 0. The van der Waals surface area contributed by atoms with Gasteiger partial charge in [0.25, 0.3) is 0 Å². The molecule has 0 saturated heterocycles. The fourth-order valence-electron chi connectivity index (χ4n) is 4.26. The van der Waals surface area contributed by atoms with Crippen molar-refractivity contribution in [3.8, 4) is 5.75 Å². The summed E-state index contributed by atoms with van der Waals surface area (Å²) in [5.74, 6) is -0.741. The first-order valence-electron chi connectivity index (χ1n) is 9.88. The second-order valence-electron chi connectivity index (χ2n) is 8.45. The predicted molar refractivity (Wildman–Crippen MR) is 110 cm³/mol. The molecular formula is C23H29NO5. The zero-order valence-corrected chi connectivity index (χ0v) is 17.8. The number of hydrogen-bond acceptors (Lipinski definition) is 6. The Morgan fingerprint density at radius 1 is 1.21 bits per heavy atom. The van der Waals surface area contributed by atoms with Gasteiger partial charge in [0.1, 0.15) is 18.3 Å². The molecular weight excluding hydrogens is 370 g/mol. The van der Waals surface area contributed by atoms with Crippen molar-refractivity contribution >= 4 is 17.5 Å². The van der Waals surface area contributed by atoms with Gasteiger partial charge in [-0.2, -0.15) is 0 Å². The van der Waals surface area contributed by atoms with Gasteiger partial charge >= 0.3 is 5.97 Å². The third-order valence-electron chi connectivity index (χ3n) is 5.54. The summed E-state index contributed by atoms with van der Waals surface area (Å²) in [6, 6.07) is 7.54. The molecule has 1 aromatic carbocycles. The van der Waals surface area contributed by atoms with E-state index in [-0.39, 0.29) is 23.8 Å². The summed E-state index contributed by atoms with van der Waals surface area (Å²) in [5, 5.41) is 0. The predicted octanol–water partition coefficient (Wildman–Crippen LogP) is 3.70. The molecule has 0 N–H and O–H groups in total. The number of esters is 1. The average molecular weight is 399 g/mol. The molecule has 0 radical (unpaired) electrons. The molecule has 29 heavy (non-hydrogen) atoms. The highest BCUT2D eigenvalue weighted by molar-refractivity contribution is 6.09. The van der Waals surface area contributed by atoms with Crippen LogP contribution in [0.3, 0.4) is 0 Å². The molecule has 1 aromatic rings. The van der Waals surface area contributed by atoms with Crippen LogP contribution in [0.2, 0.25) is 0 Å². The van der Waals surface area contributed by atoms with E-state index in [2.05, 4.69) is 13.8 Å². The largest absolute Gasteiger partial charge is 0.497 e. The minimum atomic E-state index is -0.650. The first-order valence-corrected chi connectivity index (χ1v) is 9.88. The standard InChI is InChI=1S/C23H29NO5/c1-14-19(22(26)29-10-9-27-4)20(15-7-6-8-16(11-15)28-5)21-17(24-14)12-23(2,3)13-18(21)25/h6-8,11,19-20H,9-10,12-13H2,1-5H3/t19?,20-/m0/s1. The van der Waals surface area contributed by atoms with Crippen molar-refractivity contribution in [1.29, 1.82) is 0 Å². The number of aliphatic imine (C=N–C) groups is 1. The van der Waals surface area contributed by atoms with E-state index in [0.717, 1.165) is 11.3 Å². The van der Waals surface area contributed by atoms with Crippen LogP contribution >= 0.6 is 0 Å². The Hall–Kier alpha value is -2.47. The van der Waals surface area contributed by atoms with Crippen LogP contribution in [0.1, 0.15) is 45.1 Å². The second-order valence-corrected chi connectivity index (χ2v) is 8.45. The van der Waals surface area contributed by atoms with Crippen molar-refractivity contribution in [2.45, 2.75) is 39.5 Å². The van der Waals surface area contributed by atoms with Gasteiger partial charge in [0, 0.05) is 36.4 Å². The van der Waals surface area contributed by atoms with Gasteiger partial charge in [0.15, 0.2) is 5.78 Å². The summed E-state index contributed by atoms with van der Waals surface area (Å²) < 4.78 is 15.8. The van der Waals surface area contributed by atoms with Crippen molar-refractivity contribution in [2.75, 3.05) is 27.4 Å². The van der Waals surface area contributed by atoms with Gasteiger partial charge in [-0.1, -0.05) is 26.0 Å². The second kappa shape index (κ2) is 8.49. The maximum absolute atomic E-state index is 13.2. The highest BCUT2D eigenvalue weighted by Crippen LogP contribution is 2.48. The molecule has 0 spiro atoms. The molecule has 0 bridgehead atoms. The SMILES string of the molecule is COCCOC(=O)C1C(C)=NC2=C(C(=O)CC(C)(C)C2)[C@H]1c1cccc(OC)c1. The Morgan fingerprint density at radius 2 is 1.97 bits per heavy atom. The molecule has 0 amide bonds. The number of methoxy groups -OCH3 is 2. The fourth-order valence-corrected chi connectivity index (χ4v) is 4.26. The van der Waals surface area contributed by atoms with E-state index in [1.807, 2.05) is 31.2 Å². The topological polar surface area (TPSA) is 74.2 Å². The summed E-state index contributed by atoms with van der Waals surface area (Å²) in [6.45, 7) is 6.47. The number of nitrogens with zero attached hydrogens (tertiary/aromatic N) is 1. The van der Waals surface area contributed by atoms with Gasteiger partial charge in [0.2, 0.25) is 0 Å². The van der Waals surface area contributed by atoms with Gasteiger partial charge in [-0.25, -0.2) is 0 Å². The third-order valence-corrected chi connectivity index (χ3v) is 5.54. The van der Waals surface area contributed by atoms with Gasteiger partial charge in [0.05, 0.1) is 13.7 Å². The maximum atomic E-state index is 13.2. The lowest BCUT2D eigenvalue weighted by Crippen LogP contribution is -2.39. The first-order chi connectivity index (χ1) is 13.8. The van der Waals surface area contributed by atoms with E-state index in [9.17, 15) is 9.59 Å². The monoisotopic (exact) mass is 399 g/mol. The molecule has 6 heteroatoms. The molecule has 1 aliphatic carbocycles. The number of benzene rings is 1. The van der Waals surface area contributed by atoms with Crippen molar-refractivity contribution in [1.82, 2.24) is 0 Å². The molecule has 1 unspecified atom stereocenters. The van der Waals surface area contributed by atoms with E-state index in [4.69, 9.17) is 19.2 Å². The van der Waals surface area contributed by atoms with E-state index in [1.54, 1.807) is 14.2 Å². The van der Waals surface area contributed by atoms with Crippen molar-refractivity contribution in [3.63, 3.8) is 0 Å². The lowest BCUT2D eigenvalue weighted by atomic mass is 9.67. The summed E-state index contributed by atoms with van der Waals surface area (Å²) >= 11 is 0. The van der Waals surface area contributed by atoms with Gasteiger partial charge in [-0.15, -0.1) is 0 Å². The van der Waals surface area contributed by atoms with Crippen LogP contribution in [0.25, 0.3) is 0 Å². The van der Waals surface area contributed by atoms with Crippen LogP contribution in [0.5, 0.6) is 5.75 Å². The number of allylic oxidation sites excluding steroid dienone is 2. The van der Waals surface area contributed by atoms with Crippen LogP contribution in [-0.2, 0) is 19.1 Å². The molecule has 2 aliphatic rings. The van der Waals surface area contributed by atoms with Gasteiger partial charge in [-0.3, -0.25) is 14.6 Å². The Balaban J connectivity index is 2.09. The number of carbonyl (C=O) groups excluding carboxylic acids is 2. The third kappa shape index (κ3) is 4.42.